The molecule has 4 aromatic rings. The molecule has 0 amide bonds. The van der Waals surface area contributed by atoms with Crippen molar-refractivity contribution >= 4 is 21.9 Å². The minimum atomic E-state index is -0.412. The molecule has 7 heteroatoms. The SMILES string of the molecule is COC(=O)c1ccnc(-c2ncc(Br)n2Cc2ccc(Oc3ccccc3)cc2)c1. The fourth-order valence-electron chi connectivity index (χ4n) is 2.98. The maximum atomic E-state index is 11.8. The summed E-state index contributed by atoms with van der Waals surface area (Å²) in [6, 6.07) is 20.8. The van der Waals surface area contributed by atoms with Crippen LogP contribution in [0.3, 0.4) is 0 Å². The molecule has 2 aromatic carbocycles. The molecule has 0 fully saturated rings. The van der Waals surface area contributed by atoms with Gasteiger partial charge in [0, 0.05) is 6.20 Å². The van der Waals surface area contributed by atoms with E-state index in [0.29, 0.717) is 23.6 Å². The van der Waals surface area contributed by atoms with Crippen LogP contribution in [-0.2, 0) is 11.3 Å². The first-order chi connectivity index (χ1) is 14.6. The monoisotopic (exact) mass is 463 g/mol. The molecule has 4 rings (SSSR count). The van der Waals surface area contributed by atoms with Crippen LogP contribution in [0.15, 0.2) is 83.7 Å². The Hall–Kier alpha value is -3.45. The van der Waals surface area contributed by atoms with Crippen LogP contribution in [0.1, 0.15) is 15.9 Å². The van der Waals surface area contributed by atoms with E-state index < -0.39 is 5.97 Å². The molecule has 0 radical (unpaired) electrons. The van der Waals surface area contributed by atoms with E-state index in [9.17, 15) is 4.79 Å². The molecule has 0 saturated carbocycles. The van der Waals surface area contributed by atoms with Gasteiger partial charge >= 0.3 is 5.97 Å². The number of halogens is 1. The second-order valence-electron chi connectivity index (χ2n) is 6.47. The molecule has 0 unspecified atom stereocenters. The topological polar surface area (TPSA) is 66.2 Å². The number of para-hydroxylation sites is 1. The summed E-state index contributed by atoms with van der Waals surface area (Å²) < 4.78 is 13.4. The van der Waals surface area contributed by atoms with Crippen LogP contribution in [0.2, 0.25) is 0 Å². The third-order valence-corrected chi connectivity index (χ3v) is 5.09. The van der Waals surface area contributed by atoms with Crippen molar-refractivity contribution in [2.75, 3.05) is 7.11 Å². The average Bonchev–Trinajstić information content (AvgIpc) is 3.15. The molecule has 0 saturated heterocycles. The molecule has 0 aliphatic heterocycles. The summed E-state index contributed by atoms with van der Waals surface area (Å²) in [5.74, 6) is 1.80. The lowest BCUT2D eigenvalue weighted by Crippen LogP contribution is -2.06. The zero-order chi connectivity index (χ0) is 20.9. The highest BCUT2D eigenvalue weighted by Crippen LogP contribution is 2.25. The zero-order valence-electron chi connectivity index (χ0n) is 16.2. The van der Waals surface area contributed by atoms with Crippen LogP contribution in [0.25, 0.3) is 11.5 Å². The zero-order valence-corrected chi connectivity index (χ0v) is 17.7. The van der Waals surface area contributed by atoms with Gasteiger partial charge in [-0.25, -0.2) is 9.78 Å². The van der Waals surface area contributed by atoms with E-state index in [2.05, 4.69) is 25.9 Å². The summed E-state index contributed by atoms with van der Waals surface area (Å²) >= 11 is 3.55. The van der Waals surface area contributed by atoms with Crippen LogP contribution in [0.4, 0.5) is 0 Å². The molecular weight excluding hydrogens is 446 g/mol. The fraction of sp³-hybridized carbons (Fsp3) is 0.0870. The predicted molar refractivity (Wildman–Crippen MR) is 117 cm³/mol. The summed E-state index contributed by atoms with van der Waals surface area (Å²) in [6.07, 6.45) is 3.29. The Kier molecular flexibility index (Phi) is 5.90. The van der Waals surface area contributed by atoms with E-state index in [1.807, 2.05) is 59.2 Å². The van der Waals surface area contributed by atoms with Gasteiger partial charge in [0.1, 0.15) is 21.8 Å². The quantitative estimate of drug-likeness (QED) is 0.361. The first kappa shape index (κ1) is 19.8. The predicted octanol–water partition coefficient (Wildman–Crippen LogP) is 5.33. The minimum Gasteiger partial charge on any atom is -0.465 e. The lowest BCUT2D eigenvalue weighted by Gasteiger charge is -2.11. The molecule has 0 atom stereocenters. The highest BCUT2D eigenvalue weighted by atomic mass is 79.9. The summed E-state index contributed by atoms with van der Waals surface area (Å²) in [5.41, 5.74) is 2.09. The van der Waals surface area contributed by atoms with E-state index in [1.165, 1.54) is 7.11 Å². The van der Waals surface area contributed by atoms with E-state index in [4.69, 9.17) is 9.47 Å². The molecular formula is C23H18BrN3O3. The van der Waals surface area contributed by atoms with Gasteiger partial charge in [0.2, 0.25) is 0 Å². The second kappa shape index (κ2) is 8.92. The standard InChI is InChI=1S/C23H18BrN3O3/c1-29-23(28)17-11-12-25-20(13-17)22-26-14-21(24)27(22)15-16-7-9-19(10-8-16)30-18-5-3-2-4-6-18/h2-14H,15H2,1H3. The number of esters is 1. The Morgan fingerprint density at radius 3 is 2.47 bits per heavy atom. The Balaban J connectivity index is 1.56. The van der Waals surface area contributed by atoms with E-state index in [-0.39, 0.29) is 0 Å². The van der Waals surface area contributed by atoms with Crippen molar-refractivity contribution in [3.8, 4) is 23.0 Å². The van der Waals surface area contributed by atoms with Crippen molar-refractivity contribution in [1.29, 1.82) is 0 Å². The average molecular weight is 464 g/mol. The van der Waals surface area contributed by atoms with Gasteiger partial charge in [-0.15, -0.1) is 0 Å². The Morgan fingerprint density at radius 1 is 1.00 bits per heavy atom. The van der Waals surface area contributed by atoms with Gasteiger partial charge in [-0.1, -0.05) is 30.3 Å². The number of carbonyl (C=O) groups excluding carboxylic acids is 1. The highest BCUT2D eigenvalue weighted by Gasteiger charge is 2.15. The number of methoxy groups -OCH3 is 1. The minimum absolute atomic E-state index is 0.412. The van der Waals surface area contributed by atoms with Crippen LogP contribution in [0.5, 0.6) is 11.5 Å². The van der Waals surface area contributed by atoms with Crippen molar-refractivity contribution in [1.82, 2.24) is 14.5 Å². The third-order valence-electron chi connectivity index (χ3n) is 4.46. The molecule has 30 heavy (non-hydrogen) atoms. The first-order valence-corrected chi connectivity index (χ1v) is 10.0. The molecule has 0 N–H and O–H groups in total. The smallest absolute Gasteiger partial charge is 0.337 e. The van der Waals surface area contributed by atoms with Crippen molar-refractivity contribution < 1.29 is 14.3 Å². The van der Waals surface area contributed by atoms with Crippen LogP contribution in [0, 0.1) is 0 Å². The Morgan fingerprint density at radius 2 is 1.73 bits per heavy atom. The summed E-state index contributed by atoms with van der Waals surface area (Å²) in [5, 5.41) is 0. The van der Waals surface area contributed by atoms with E-state index in [1.54, 1.807) is 24.5 Å². The van der Waals surface area contributed by atoms with Gasteiger partial charge in [-0.2, -0.15) is 0 Å². The first-order valence-electron chi connectivity index (χ1n) is 9.21. The van der Waals surface area contributed by atoms with Gasteiger partial charge in [-0.05, 0) is 57.9 Å². The van der Waals surface area contributed by atoms with Crippen LogP contribution in [-0.4, -0.2) is 27.6 Å². The number of nitrogens with zero attached hydrogens (tertiary/aromatic N) is 3. The number of hydrogen-bond acceptors (Lipinski definition) is 5. The maximum Gasteiger partial charge on any atom is 0.337 e. The van der Waals surface area contributed by atoms with Crippen molar-refractivity contribution in [3.05, 3.63) is 94.9 Å². The number of benzene rings is 2. The van der Waals surface area contributed by atoms with Gasteiger partial charge in [0.25, 0.3) is 0 Å². The molecule has 2 heterocycles. The van der Waals surface area contributed by atoms with E-state index in [0.717, 1.165) is 21.7 Å². The molecule has 0 spiro atoms. The van der Waals surface area contributed by atoms with Crippen molar-refractivity contribution in [3.63, 3.8) is 0 Å². The maximum absolute atomic E-state index is 11.8. The number of pyridine rings is 1. The summed E-state index contributed by atoms with van der Waals surface area (Å²) in [7, 11) is 1.35. The number of aromatic nitrogens is 3. The normalized spacial score (nSPS) is 10.6. The van der Waals surface area contributed by atoms with Crippen molar-refractivity contribution in [2.45, 2.75) is 6.54 Å². The molecule has 6 nitrogen and oxygen atoms in total. The summed E-state index contributed by atoms with van der Waals surface area (Å²) in [4.78, 5) is 20.7. The van der Waals surface area contributed by atoms with Gasteiger partial charge in [0.05, 0.1) is 25.4 Å². The van der Waals surface area contributed by atoms with Crippen LogP contribution < -0.4 is 4.74 Å². The van der Waals surface area contributed by atoms with Gasteiger partial charge < -0.3 is 14.0 Å². The molecule has 0 aliphatic rings. The number of ether oxygens (including phenoxy) is 2. The molecule has 2 aromatic heterocycles. The summed E-state index contributed by atoms with van der Waals surface area (Å²) in [6.45, 7) is 0.575. The van der Waals surface area contributed by atoms with E-state index >= 15 is 0 Å². The molecule has 150 valence electrons. The third kappa shape index (κ3) is 4.41. The van der Waals surface area contributed by atoms with Gasteiger partial charge in [0.15, 0.2) is 5.82 Å². The lowest BCUT2D eigenvalue weighted by molar-refractivity contribution is 0.0600. The molecule has 0 aliphatic carbocycles. The highest BCUT2D eigenvalue weighted by molar-refractivity contribution is 9.10. The lowest BCUT2D eigenvalue weighted by atomic mass is 10.2. The number of hydrogen-bond donors (Lipinski definition) is 0. The molecule has 0 bridgehead atoms. The number of carbonyl (C=O) groups is 1. The Labute approximate surface area is 182 Å². The fourth-order valence-corrected chi connectivity index (χ4v) is 3.37. The number of imidazole rings is 1. The van der Waals surface area contributed by atoms with Crippen molar-refractivity contribution in [2.24, 2.45) is 0 Å². The second-order valence-corrected chi connectivity index (χ2v) is 7.28. The van der Waals surface area contributed by atoms with Crippen LogP contribution >= 0.6 is 15.9 Å². The largest absolute Gasteiger partial charge is 0.465 e. The van der Waals surface area contributed by atoms with Gasteiger partial charge in [-0.3, -0.25) is 4.98 Å². The number of rotatable bonds is 6. The Bertz CT molecular complexity index is 1160.